The van der Waals surface area contributed by atoms with Gasteiger partial charge in [-0.15, -0.1) is 0 Å². The summed E-state index contributed by atoms with van der Waals surface area (Å²) >= 11 is 5.87. The number of amides is 2. The lowest BCUT2D eigenvalue weighted by atomic mass is 10.1. The molecule has 0 saturated carbocycles. The number of rotatable bonds is 5. The van der Waals surface area contributed by atoms with Crippen LogP contribution < -0.4 is 0 Å². The van der Waals surface area contributed by atoms with E-state index in [1.54, 1.807) is 4.90 Å². The van der Waals surface area contributed by atoms with Crippen LogP contribution in [0.15, 0.2) is 54.6 Å². The van der Waals surface area contributed by atoms with Crippen molar-refractivity contribution in [2.24, 2.45) is 0 Å². The van der Waals surface area contributed by atoms with E-state index in [1.165, 1.54) is 0 Å². The second kappa shape index (κ2) is 9.42. The number of carbonyl (C=O) groups excluding carboxylic acids is 2. The Balaban J connectivity index is 1.39. The maximum absolute atomic E-state index is 12.4. The standard InChI is InChI=1S/C21H23ClN2O3/c22-19-9-6-17(7-10-19)8-11-20(25)23-12-14-24(15-13-23)21(26)27-16-18-4-2-1-3-5-18/h1-7,9-10H,8,11-16H2. The van der Waals surface area contributed by atoms with Crippen LogP contribution in [0.3, 0.4) is 0 Å². The quantitative estimate of drug-likeness (QED) is 0.786. The second-order valence-electron chi connectivity index (χ2n) is 6.53. The van der Waals surface area contributed by atoms with Crippen LogP contribution in [0.2, 0.25) is 5.02 Å². The lowest BCUT2D eigenvalue weighted by Gasteiger charge is -2.34. The molecule has 2 aromatic rings. The predicted octanol–water partition coefficient (Wildman–Crippen LogP) is 3.75. The summed E-state index contributed by atoms with van der Waals surface area (Å²) in [6.07, 6.45) is 0.821. The lowest BCUT2D eigenvalue weighted by Crippen LogP contribution is -2.50. The van der Waals surface area contributed by atoms with E-state index >= 15 is 0 Å². The Morgan fingerprint density at radius 3 is 2.15 bits per heavy atom. The average molecular weight is 387 g/mol. The molecule has 0 bridgehead atoms. The Bertz CT molecular complexity index is 757. The van der Waals surface area contributed by atoms with Crippen molar-refractivity contribution in [3.63, 3.8) is 0 Å². The Hall–Kier alpha value is -2.53. The van der Waals surface area contributed by atoms with Gasteiger partial charge in [-0.1, -0.05) is 54.1 Å². The predicted molar refractivity (Wildman–Crippen MR) is 105 cm³/mol. The second-order valence-corrected chi connectivity index (χ2v) is 6.97. The van der Waals surface area contributed by atoms with E-state index < -0.39 is 0 Å². The Labute approximate surface area is 164 Å². The van der Waals surface area contributed by atoms with Crippen LogP contribution in [0.5, 0.6) is 0 Å². The van der Waals surface area contributed by atoms with Crippen molar-refractivity contribution < 1.29 is 14.3 Å². The summed E-state index contributed by atoms with van der Waals surface area (Å²) in [4.78, 5) is 28.0. The van der Waals surface area contributed by atoms with Gasteiger partial charge in [0.05, 0.1) is 0 Å². The molecule has 1 heterocycles. The average Bonchev–Trinajstić information content (AvgIpc) is 2.72. The van der Waals surface area contributed by atoms with Gasteiger partial charge in [0.1, 0.15) is 6.61 Å². The molecule has 2 aromatic carbocycles. The molecule has 1 fully saturated rings. The van der Waals surface area contributed by atoms with Gasteiger partial charge in [0.2, 0.25) is 5.91 Å². The van der Waals surface area contributed by atoms with Crippen molar-refractivity contribution in [1.82, 2.24) is 9.80 Å². The van der Waals surface area contributed by atoms with E-state index in [9.17, 15) is 9.59 Å². The molecule has 3 rings (SSSR count). The Morgan fingerprint density at radius 1 is 0.852 bits per heavy atom. The van der Waals surface area contributed by atoms with E-state index in [0.29, 0.717) is 44.0 Å². The summed E-state index contributed by atoms with van der Waals surface area (Å²) in [5.41, 5.74) is 2.05. The van der Waals surface area contributed by atoms with Gasteiger partial charge in [0.25, 0.3) is 0 Å². The van der Waals surface area contributed by atoms with Gasteiger partial charge in [0.15, 0.2) is 0 Å². The smallest absolute Gasteiger partial charge is 0.410 e. The van der Waals surface area contributed by atoms with Gasteiger partial charge in [-0.2, -0.15) is 0 Å². The van der Waals surface area contributed by atoms with Crippen molar-refractivity contribution >= 4 is 23.6 Å². The minimum atomic E-state index is -0.327. The summed E-state index contributed by atoms with van der Waals surface area (Å²) < 4.78 is 5.35. The largest absolute Gasteiger partial charge is 0.445 e. The van der Waals surface area contributed by atoms with Crippen LogP contribution in [0, 0.1) is 0 Å². The summed E-state index contributed by atoms with van der Waals surface area (Å²) in [5.74, 6) is 0.113. The lowest BCUT2D eigenvalue weighted by molar-refractivity contribution is -0.132. The van der Waals surface area contributed by atoms with E-state index in [2.05, 4.69) is 0 Å². The van der Waals surface area contributed by atoms with Gasteiger partial charge < -0.3 is 14.5 Å². The third-order valence-electron chi connectivity index (χ3n) is 4.64. The normalized spacial score (nSPS) is 14.1. The van der Waals surface area contributed by atoms with Gasteiger partial charge in [0, 0.05) is 37.6 Å². The highest BCUT2D eigenvalue weighted by molar-refractivity contribution is 6.30. The molecule has 0 radical (unpaired) electrons. The number of piperazine rings is 1. The van der Waals surface area contributed by atoms with Crippen LogP contribution in [0.25, 0.3) is 0 Å². The maximum Gasteiger partial charge on any atom is 0.410 e. The van der Waals surface area contributed by atoms with Crippen LogP contribution in [-0.2, 0) is 22.6 Å². The molecular weight excluding hydrogens is 364 g/mol. The first-order chi connectivity index (χ1) is 13.1. The molecule has 1 aliphatic heterocycles. The van der Waals surface area contributed by atoms with Crippen molar-refractivity contribution in [2.75, 3.05) is 26.2 Å². The monoisotopic (exact) mass is 386 g/mol. The van der Waals surface area contributed by atoms with E-state index in [4.69, 9.17) is 16.3 Å². The third-order valence-corrected chi connectivity index (χ3v) is 4.89. The first-order valence-electron chi connectivity index (χ1n) is 9.09. The molecule has 1 aliphatic rings. The molecular formula is C21H23ClN2O3. The zero-order valence-electron chi connectivity index (χ0n) is 15.1. The number of aryl methyl sites for hydroxylation is 1. The summed E-state index contributed by atoms with van der Waals surface area (Å²) in [5, 5.41) is 0.695. The first-order valence-corrected chi connectivity index (χ1v) is 9.47. The Morgan fingerprint density at radius 2 is 1.48 bits per heavy atom. The van der Waals surface area contributed by atoms with Gasteiger partial charge >= 0.3 is 6.09 Å². The molecule has 142 valence electrons. The molecule has 0 aromatic heterocycles. The van der Waals surface area contributed by atoms with Gasteiger partial charge in [-0.25, -0.2) is 4.79 Å². The molecule has 1 saturated heterocycles. The molecule has 0 atom stereocenters. The molecule has 5 nitrogen and oxygen atoms in total. The summed E-state index contributed by atoms with van der Waals surface area (Å²) in [6.45, 7) is 2.35. The number of carbonyl (C=O) groups is 2. The van der Waals surface area contributed by atoms with E-state index in [-0.39, 0.29) is 18.6 Å². The van der Waals surface area contributed by atoms with E-state index in [1.807, 2.05) is 59.5 Å². The number of benzene rings is 2. The zero-order chi connectivity index (χ0) is 19.1. The SMILES string of the molecule is O=C(CCc1ccc(Cl)cc1)N1CCN(C(=O)OCc2ccccc2)CC1. The molecule has 0 unspecified atom stereocenters. The van der Waals surface area contributed by atoms with Crippen molar-refractivity contribution in [2.45, 2.75) is 19.4 Å². The highest BCUT2D eigenvalue weighted by Gasteiger charge is 2.24. The maximum atomic E-state index is 12.4. The molecule has 0 N–H and O–H groups in total. The third kappa shape index (κ3) is 5.73. The molecule has 6 heteroatoms. The Kier molecular flexibility index (Phi) is 6.71. The fourth-order valence-electron chi connectivity index (χ4n) is 3.01. The number of hydrogen-bond donors (Lipinski definition) is 0. The first kappa shape index (κ1) is 19.2. The zero-order valence-corrected chi connectivity index (χ0v) is 15.9. The number of halogens is 1. The summed E-state index contributed by atoms with van der Waals surface area (Å²) in [7, 11) is 0. The summed E-state index contributed by atoms with van der Waals surface area (Å²) in [6, 6.07) is 17.1. The van der Waals surface area contributed by atoms with Gasteiger partial charge in [-0.05, 0) is 29.7 Å². The molecule has 27 heavy (non-hydrogen) atoms. The fourth-order valence-corrected chi connectivity index (χ4v) is 3.14. The minimum Gasteiger partial charge on any atom is -0.445 e. The number of nitrogens with zero attached hydrogens (tertiary/aromatic N) is 2. The topological polar surface area (TPSA) is 49.9 Å². The fraction of sp³-hybridized carbons (Fsp3) is 0.333. The molecule has 2 amide bonds. The number of hydrogen-bond acceptors (Lipinski definition) is 3. The molecule has 0 aliphatic carbocycles. The van der Waals surface area contributed by atoms with Crippen molar-refractivity contribution in [3.8, 4) is 0 Å². The van der Waals surface area contributed by atoms with Crippen LogP contribution in [-0.4, -0.2) is 48.0 Å². The van der Waals surface area contributed by atoms with Gasteiger partial charge in [-0.3, -0.25) is 4.79 Å². The van der Waals surface area contributed by atoms with E-state index in [0.717, 1.165) is 11.1 Å². The van der Waals surface area contributed by atoms with Crippen LogP contribution >= 0.6 is 11.6 Å². The van der Waals surface area contributed by atoms with Crippen molar-refractivity contribution in [3.05, 3.63) is 70.7 Å². The van der Waals surface area contributed by atoms with Crippen molar-refractivity contribution in [1.29, 1.82) is 0 Å². The van der Waals surface area contributed by atoms with Crippen LogP contribution in [0.4, 0.5) is 4.79 Å². The highest BCUT2D eigenvalue weighted by atomic mass is 35.5. The number of ether oxygens (including phenoxy) is 1. The molecule has 0 spiro atoms. The van der Waals surface area contributed by atoms with Crippen LogP contribution in [0.1, 0.15) is 17.5 Å². The minimum absolute atomic E-state index is 0.113. The highest BCUT2D eigenvalue weighted by Crippen LogP contribution is 2.13.